The van der Waals surface area contributed by atoms with E-state index < -0.39 is 5.91 Å². The number of ether oxygens (including phenoxy) is 1. The molecule has 3 rings (SSSR count). The molecular formula is C23H26N2O4. The van der Waals surface area contributed by atoms with Gasteiger partial charge in [-0.05, 0) is 62.7 Å². The first-order chi connectivity index (χ1) is 14.0. The summed E-state index contributed by atoms with van der Waals surface area (Å²) in [6.07, 6.45) is 1.92. The smallest absolute Gasteiger partial charge is 0.266 e. The van der Waals surface area contributed by atoms with Crippen LogP contribution in [0.3, 0.4) is 0 Å². The van der Waals surface area contributed by atoms with Crippen molar-refractivity contribution in [3.05, 3.63) is 59.2 Å². The zero-order valence-corrected chi connectivity index (χ0v) is 17.1. The number of carbonyl (C=O) groups excluding carboxylic acids is 3. The van der Waals surface area contributed by atoms with Gasteiger partial charge in [0.15, 0.2) is 0 Å². The van der Waals surface area contributed by atoms with Crippen LogP contribution in [0.5, 0.6) is 5.75 Å². The van der Waals surface area contributed by atoms with Crippen molar-refractivity contribution in [3.63, 3.8) is 0 Å². The number of anilines is 1. The van der Waals surface area contributed by atoms with Gasteiger partial charge in [-0.3, -0.25) is 14.4 Å². The standard InChI is InChI=1S/C23H26N2O4/c1-4-7-14-24(5-2)21(26)16-8-13-19-20(15-16)23(28)25(22(19)27)17-9-11-18(12-10-17)29-6-3/h8-13,15H,4-7,14H2,1-3H3. The second kappa shape index (κ2) is 8.90. The zero-order chi connectivity index (χ0) is 21.0. The van der Waals surface area contributed by atoms with Crippen LogP contribution in [0.1, 0.15) is 64.7 Å². The van der Waals surface area contributed by atoms with Gasteiger partial charge < -0.3 is 9.64 Å². The van der Waals surface area contributed by atoms with E-state index in [9.17, 15) is 14.4 Å². The Balaban J connectivity index is 1.87. The fourth-order valence-electron chi connectivity index (χ4n) is 3.40. The van der Waals surface area contributed by atoms with Gasteiger partial charge in [-0.15, -0.1) is 0 Å². The summed E-state index contributed by atoms with van der Waals surface area (Å²) in [6.45, 7) is 7.71. The second-order valence-corrected chi connectivity index (χ2v) is 6.87. The average molecular weight is 394 g/mol. The van der Waals surface area contributed by atoms with Crippen molar-refractivity contribution < 1.29 is 19.1 Å². The van der Waals surface area contributed by atoms with Crippen LogP contribution in [0.25, 0.3) is 0 Å². The van der Waals surface area contributed by atoms with Gasteiger partial charge in [0, 0.05) is 18.7 Å². The molecule has 6 nitrogen and oxygen atoms in total. The van der Waals surface area contributed by atoms with Gasteiger partial charge >= 0.3 is 0 Å². The van der Waals surface area contributed by atoms with Crippen LogP contribution in [0.15, 0.2) is 42.5 Å². The van der Waals surface area contributed by atoms with E-state index in [1.165, 1.54) is 0 Å². The number of hydrogen-bond acceptors (Lipinski definition) is 4. The molecule has 1 aliphatic rings. The molecule has 0 bridgehead atoms. The van der Waals surface area contributed by atoms with Gasteiger partial charge in [-0.25, -0.2) is 4.90 Å². The lowest BCUT2D eigenvalue weighted by Crippen LogP contribution is -2.32. The number of rotatable bonds is 8. The van der Waals surface area contributed by atoms with Crippen LogP contribution in [0.4, 0.5) is 5.69 Å². The highest BCUT2D eigenvalue weighted by Gasteiger charge is 2.37. The van der Waals surface area contributed by atoms with Crippen molar-refractivity contribution in [1.29, 1.82) is 0 Å². The van der Waals surface area contributed by atoms with Crippen LogP contribution in [0, 0.1) is 0 Å². The minimum absolute atomic E-state index is 0.122. The molecule has 0 fully saturated rings. The number of fused-ring (bicyclic) bond motifs is 1. The average Bonchev–Trinajstić information content (AvgIpc) is 2.99. The molecule has 3 amide bonds. The van der Waals surface area contributed by atoms with Gasteiger partial charge in [-0.2, -0.15) is 0 Å². The lowest BCUT2D eigenvalue weighted by Gasteiger charge is -2.20. The molecule has 0 spiro atoms. The molecule has 1 heterocycles. The van der Waals surface area contributed by atoms with E-state index in [1.807, 2.05) is 13.8 Å². The second-order valence-electron chi connectivity index (χ2n) is 6.87. The Bertz CT molecular complexity index is 921. The summed E-state index contributed by atoms with van der Waals surface area (Å²) in [6, 6.07) is 11.6. The molecule has 0 saturated carbocycles. The molecule has 6 heteroatoms. The number of nitrogens with zero attached hydrogens (tertiary/aromatic N) is 2. The highest BCUT2D eigenvalue weighted by atomic mass is 16.5. The monoisotopic (exact) mass is 394 g/mol. The topological polar surface area (TPSA) is 66.9 Å². The SMILES string of the molecule is CCCCN(CC)C(=O)c1ccc2c(c1)C(=O)N(c1ccc(OCC)cc1)C2=O. The maximum atomic E-state index is 13.0. The molecule has 0 atom stereocenters. The lowest BCUT2D eigenvalue weighted by molar-refractivity contribution is 0.0761. The maximum absolute atomic E-state index is 13.0. The van der Waals surface area contributed by atoms with Crippen molar-refractivity contribution in [3.8, 4) is 5.75 Å². The first-order valence-electron chi connectivity index (χ1n) is 10.1. The molecule has 1 aliphatic heterocycles. The van der Waals surface area contributed by atoms with Crippen LogP contribution in [-0.4, -0.2) is 42.3 Å². The molecule has 29 heavy (non-hydrogen) atoms. The predicted octanol–water partition coefficient (Wildman–Crippen LogP) is 4.15. The van der Waals surface area contributed by atoms with Gasteiger partial charge in [0.1, 0.15) is 5.75 Å². The number of imide groups is 1. The fraction of sp³-hybridized carbons (Fsp3) is 0.348. The first kappa shape index (κ1) is 20.6. The molecular weight excluding hydrogens is 368 g/mol. The largest absolute Gasteiger partial charge is 0.494 e. The van der Waals surface area contributed by atoms with Crippen LogP contribution >= 0.6 is 0 Å². The summed E-state index contributed by atoms with van der Waals surface area (Å²) in [4.78, 5) is 41.5. The predicted molar refractivity (Wildman–Crippen MR) is 112 cm³/mol. The van der Waals surface area contributed by atoms with E-state index in [1.54, 1.807) is 47.4 Å². The number of unbranched alkanes of at least 4 members (excludes halogenated alkanes) is 1. The highest BCUT2D eigenvalue weighted by molar-refractivity contribution is 6.34. The number of benzene rings is 2. The van der Waals surface area contributed by atoms with Crippen molar-refractivity contribution >= 4 is 23.4 Å². The van der Waals surface area contributed by atoms with Crippen molar-refractivity contribution in [1.82, 2.24) is 4.90 Å². The zero-order valence-electron chi connectivity index (χ0n) is 17.1. The van der Waals surface area contributed by atoms with E-state index in [2.05, 4.69) is 6.92 Å². The van der Waals surface area contributed by atoms with Crippen molar-refractivity contribution in [2.75, 3.05) is 24.6 Å². The maximum Gasteiger partial charge on any atom is 0.266 e. The van der Waals surface area contributed by atoms with E-state index in [0.717, 1.165) is 17.7 Å². The van der Waals surface area contributed by atoms with Gasteiger partial charge in [0.05, 0.1) is 23.4 Å². The van der Waals surface area contributed by atoms with E-state index in [0.29, 0.717) is 42.3 Å². The van der Waals surface area contributed by atoms with Gasteiger partial charge in [0.2, 0.25) is 0 Å². The fourth-order valence-corrected chi connectivity index (χ4v) is 3.40. The highest BCUT2D eigenvalue weighted by Crippen LogP contribution is 2.30. The Kier molecular flexibility index (Phi) is 6.32. The third-order valence-electron chi connectivity index (χ3n) is 4.99. The minimum atomic E-state index is -0.416. The third kappa shape index (κ3) is 4.01. The molecule has 0 aliphatic carbocycles. The first-order valence-corrected chi connectivity index (χ1v) is 10.1. The molecule has 152 valence electrons. The summed E-state index contributed by atoms with van der Waals surface area (Å²) in [7, 11) is 0. The van der Waals surface area contributed by atoms with Crippen molar-refractivity contribution in [2.24, 2.45) is 0 Å². The summed E-state index contributed by atoms with van der Waals surface area (Å²) in [5, 5.41) is 0. The third-order valence-corrected chi connectivity index (χ3v) is 4.99. The normalized spacial score (nSPS) is 12.9. The number of hydrogen-bond donors (Lipinski definition) is 0. The van der Waals surface area contributed by atoms with Crippen LogP contribution < -0.4 is 9.64 Å². The summed E-state index contributed by atoms with van der Waals surface area (Å²) in [5.41, 5.74) is 1.49. The molecule has 0 unspecified atom stereocenters. The van der Waals surface area contributed by atoms with Gasteiger partial charge in [-0.1, -0.05) is 13.3 Å². The summed E-state index contributed by atoms with van der Waals surface area (Å²) >= 11 is 0. The van der Waals surface area contributed by atoms with E-state index in [4.69, 9.17) is 4.74 Å². The minimum Gasteiger partial charge on any atom is -0.494 e. The number of amides is 3. The molecule has 0 saturated heterocycles. The Morgan fingerprint density at radius 2 is 1.66 bits per heavy atom. The Hall–Kier alpha value is -3.15. The Morgan fingerprint density at radius 3 is 2.28 bits per heavy atom. The Labute approximate surface area is 171 Å². The molecule has 2 aromatic carbocycles. The van der Waals surface area contributed by atoms with Crippen LogP contribution in [0.2, 0.25) is 0 Å². The molecule has 0 radical (unpaired) electrons. The van der Waals surface area contributed by atoms with Crippen molar-refractivity contribution in [2.45, 2.75) is 33.6 Å². The summed E-state index contributed by atoms with van der Waals surface area (Å²) in [5.74, 6) is -0.247. The lowest BCUT2D eigenvalue weighted by atomic mass is 10.0. The van der Waals surface area contributed by atoms with E-state index >= 15 is 0 Å². The molecule has 0 aromatic heterocycles. The molecule has 0 N–H and O–H groups in total. The Morgan fingerprint density at radius 1 is 0.966 bits per heavy atom. The number of carbonyl (C=O) groups is 3. The molecule has 2 aromatic rings. The quantitative estimate of drug-likeness (QED) is 0.631. The van der Waals surface area contributed by atoms with E-state index in [-0.39, 0.29) is 17.4 Å². The summed E-state index contributed by atoms with van der Waals surface area (Å²) < 4.78 is 5.41. The van der Waals surface area contributed by atoms with Crippen LogP contribution in [-0.2, 0) is 0 Å². The van der Waals surface area contributed by atoms with Gasteiger partial charge in [0.25, 0.3) is 17.7 Å².